The highest BCUT2D eigenvalue weighted by Gasteiger charge is 2.17. The van der Waals surface area contributed by atoms with Gasteiger partial charge in [0.15, 0.2) is 18.1 Å². The number of hydrazine groups is 1. The lowest BCUT2D eigenvalue weighted by atomic mass is 10.2. The molecule has 0 bridgehead atoms. The molecule has 10 nitrogen and oxygen atoms in total. The normalized spacial score (nSPS) is 11.8. The van der Waals surface area contributed by atoms with Crippen LogP contribution in [0.1, 0.15) is 0 Å². The number of carbonyl (C=O) groups is 2. The Bertz CT molecular complexity index is 1090. The van der Waals surface area contributed by atoms with Crippen LogP contribution in [-0.2, 0) is 9.59 Å². The van der Waals surface area contributed by atoms with E-state index in [4.69, 9.17) is 30.2 Å². The molecule has 12 heteroatoms. The van der Waals surface area contributed by atoms with Crippen molar-refractivity contribution in [1.29, 1.82) is 0 Å². The number of nitrogens with one attached hydrogen (secondary N) is 2. The molecular formula is C19H15ClN4O6S. The fourth-order valence-corrected chi connectivity index (χ4v) is 3.12. The van der Waals surface area contributed by atoms with E-state index >= 15 is 0 Å². The van der Waals surface area contributed by atoms with E-state index in [2.05, 4.69) is 21.0 Å². The van der Waals surface area contributed by atoms with Gasteiger partial charge in [-0.15, -0.1) is 10.2 Å². The first-order chi connectivity index (χ1) is 15.1. The molecule has 3 aromatic rings. The van der Waals surface area contributed by atoms with Crippen LogP contribution in [0.5, 0.6) is 17.2 Å². The van der Waals surface area contributed by atoms with Crippen molar-refractivity contribution >= 4 is 35.2 Å². The minimum absolute atomic E-state index is 0.0406. The predicted molar refractivity (Wildman–Crippen MR) is 110 cm³/mol. The second-order valence-corrected chi connectivity index (χ2v) is 7.43. The van der Waals surface area contributed by atoms with Gasteiger partial charge < -0.3 is 18.6 Å². The Labute approximate surface area is 185 Å². The Morgan fingerprint density at radius 3 is 2.65 bits per heavy atom. The quantitative estimate of drug-likeness (QED) is 0.402. The van der Waals surface area contributed by atoms with Gasteiger partial charge in [-0.2, -0.15) is 0 Å². The summed E-state index contributed by atoms with van der Waals surface area (Å²) < 4.78 is 21.4. The van der Waals surface area contributed by atoms with Gasteiger partial charge >= 0.3 is 0 Å². The minimum Gasteiger partial charge on any atom is -0.484 e. The molecule has 0 fully saturated rings. The van der Waals surface area contributed by atoms with E-state index in [0.29, 0.717) is 27.8 Å². The van der Waals surface area contributed by atoms with Crippen LogP contribution >= 0.6 is 23.4 Å². The number of ether oxygens (including phenoxy) is 3. The maximum Gasteiger partial charge on any atom is 0.277 e. The van der Waals surface area contributed by atoms with E-state index < -0.39 is 11.8 Å². The van der Waals surface area contributed by atoms with Crippen LogP contribution in [0.3, 0.4) is 0 Å². The van der Waals surface area contributed by atoms with Crippen molar-refractivity contribution in [2.24, 2.45) is 0 Å². The summed E-state index contributed by atoms with van der Waals surface area (Å²) in [6.07, 6.45) is 0. The first kappa shape index (κ1) is 20.8. The molecule has 2 amide bonds. The van der Waals surface area contributed by atoms with Crippen LogP contribution < -0.4 is 25.1 Å². The molecule has 1 aliphatic rings. The molecule has 0 aliphatic carbocycles. The molecule has 0 unspecified atom stereocenters. The first-order valence-electron chi connectivity index (χ1n) is 8.89. The Balaban J connectivity index is 1.19. The van der Waals surface area contributed by atoms with E-state index in [0.717, 1.165) is 11.8 Å². The van der Waals surface area contributed by atoms with Gasteiger partial charge in [0.2, 0.25) is 18.6 Å². The molecule has 0 spiro atoms. The van der Waals surface area contributed by atoms with Gasteiger partial charge in [-0.05, 0) is 42.5 Å². The summed E-state index contributed by atoms with van der Waals surface area (Å²) in [5, 5.41) is 8.63. The molecule has 2 N–H and O–H groups in total. The zero-order valence-electron chi connectivity index (χ0n) is 15.8. The SMILES string of the molecule is O=C(COc1ccc(Cl)cc1)NNC(=O)CSc1nnc(-c2ccc3c(c2)OCO3)o1. The van der Waals surface area contributed by atoms with Gasteiger partial charge in [-0.3, -0.25) is 20.4 Å². The monoisotopic (exact) mass is 462 g/mol. The number of hydrogen-bond donors (Lipinski definition) is 2. The van der Waals surface area contributed by atoms with E-state index in [9.17, 15) is 9.59 Å². The second-order valence-electron chi connectivity index (χ2n) is 6.07. The standard InChI is InChI=1S/C19H15ClN4O6S/c20-12-2-4-13(5-3-12)27-8-16(25)21-22-17(26)9-31-19-24-23-18(30-19)11-1-6-14-15(7-11)29-10-28-14/h1-7H,8-10H2,(H,21,25)(H,22,26). The molecule has 160 valence electrons. The van der Waals surface area contributed by atoms with Crippen LogP contribution in [-0.4, -0.2) is 41.2 Å². The van der Waals surface area contributed by atoms with Gasteiger partial charge in [-0.1, -0.05) is 23.4 Å². The maximum atomic E-state index is 11.9. The lowest BCUT2D eigenvalue weighted by molar-refractivity contribution is -0.128. The number of thioether (sulfide) groups is 1. The summed E-state index contributed by atoms with van der Waals surface area (Å²) in [4.78, 5) is 23.7. The molecule has 4 rings (SSSR count). The van der Waals surface area contributed by atoms with Crippen LogP contribution in [0, 0.1) is 0 Å². The van der Waals surface area contributed by atoms with Crippen molar-refractivity contribution in [3.8, 4) is 28.7 Å². The minimum atomic E-state index is -0.517. The largest absolute Gasteiger partial charge is 0.484 e. The second kappa shape index (κ2) is 9.58. The van der Waals surface area contributed by atoms with Crippen molar-refractivity contribution in [3.05, 3.63) is 47.5 Å². The summed E-state index contributed by atoms with van der Waals surface area (Å²) in [6.45, 7) is -0.0970. The van der Waals surface area contributed by atoms with E-state index in [1.54, 1.807) is 42.5 Å². The molecule has 0 radical (unpaired) electrons. The fraction of sp³-hybridized carbons (Fsp3) is 0.158. The summed E-state index contributed by atoms with van der Waals surface area (Å²) in [7, 11) is 0. The number of aromatic nitrogens is 2. The molecule has 1 aliphatic heterocycles. The third-order valence-corrected chi connectivity index (χ3v) is 4.95. The molecular weight excluding hydrogens is 448 g/mol. The van der Waals surface area contributed by atoms with Crippen LogP contribution in [0.4, 0.5) is 0 Å². The van der Waals surface area contributed by atoms with Gasteiger partial charge in [-0.25, -0.2) is 0 Å². The topological polar surface area (TPSA) is 125 Å². The molecule has 1 aromatic heterocycles. The first-order valence-corrected chi connectivity index (χ1v) is 10.3. The third kappa shape index (κ3) is 5.58. The van der Waals surface area contributed by atoms with Crippen molar-refractivity contribution < 1.29 is 28.2 Å². The zero-order chi connectivity index (χ0) is 21.6. The van der Waals surface area contributed by atoms with E-state index in [1.165, 1.54) is 0 Å². The highest BCUT2D eigenvalue weighted by molar-refractivity contribution is 7.99. The lowest BCUT2D eigenvalue weighted by Crippen LogP contribution is -2.44. The number of carbonyl (C=O) groups excluding carboxylic acids is 2. The van der Waals surface area contributed by atoms with Crippen molar-refractivity contribution in [3.63, 3.8) is 0 Å². The van der Waals surface area contributed by atoms with Crippen LogP contribution in [0.15, 0.2) is 52.1 Å². The van der Waals surface area contributed by atoms with Crippen LogP contribution in [0.25, 0.3) is 11.5 Å². The number of benzene rings is 2. The summed E-state index contributed by atoms with van der Waals surface area (Å²) in [5.74, 6) is 1.00. The molecule has 0 saturated heterocycles. The Kier molecular flexibility index (Phi) is 6.43. The molecule has 2 heterocycles. The number of hydrogen-bond acceptors (Lipinski definition) is 9. The van der Waals surface area contributed by atoms with Gasteiger partial charge in [0, 0.05) is 10.6 Å². The van der Waals surface area contributed by atoms with Crippen molar-refractivity contribution in [2.45, 2.75) is 5.22 Å². The molecule has 0 saturated carbocycles. The van der Waals surface area contributed by atoms with Gasteiger partial charge in [0.05, 0.1) is 5.75 Å². The Morgan fingerprint density at radius 1 is 1.03 bits per heavy atom. The molecule has 31 heavy (non-hydrogen) atoms. The van der Waals surface area contributed by atoms with Crippen molar-refractivity contribution in [1.82, 2.24) is 21.0 Å². The molecule has 2 aromatic carbocycles. The van der Waals surface area contributed by atoms with Crippen LogP contribution in [0.2, 0.25) is 5.02 Å². The van der Waals surface area contributed by atoms with Gasteiger partial charge in [0.1, 0.15) is 5.75 Å². The Hall–Kier alpha value is -3.44. The lowest BCUT2D eigenvalue weighted by Gasteiger charge is -2.08. The number of rotatable bonds is 7. The van der Waals surface area contributed by atoms with E-state index in [-0.39, 0.29) is 30.3 Å². The number of nitrogens with zero attached hydrogens (tertiary/aromatic N) is 2. The highest BCUT2D eigenvalue weighted by atomic mass is 35.5. The summed E-state index contributed by atoms with van der Waals surface area (Å²) in [6, 6.07) is 11.8. The predicted octanol–water partition coefficient (Wildman–Crippen LogP) is 2.44. The zero-order valence-corrected chi connectivity index (χ0v) is 17.4. The maximum absolute atomic E-state index is 11.9. The van der Waals surface area contributed by atoms with E-state index in [1.807, 2.05) is 0 Å². The average Bonchev–Trinajstić information content (AvgIpc) is 3.44. The highest BCUT2D eigenvalue weighted by Crippen LogP contribution is 2.35. The smallest absolute Gasteiger partial charge is 0.277 e. The average molecular weight is 463 g/mol. The van der Waals surface area contributed by atoms with Gasteiger partial charge in [0.25, 0.3) is 11.1 Å². The number of amides is 2. The van der Waals surface area contributed by atoms with Crippen molar-refractivity contribution in [2.75, 3.05) is 19.2 Å². The molecule has 0 atom stereocenters. The Morgan fingerprint density at radius 2 is 1.81 bits per heavy atom. The summed E-state index contributed by atoms with van der Waals surface area (Å²) in [5.41, 5.74) is 5.21. The fourth-order valence-electron chi connectivity index (χ4n) is 2.43. The number of halogens is 1. The third-order valence-electron chi connectivity index (χ3n) is 3.88. The summed E-state index contributed by atoms with van der Waals surface area (Å²) >= 11 is 6.81. The number of fused-ring (bicyclic) bond motifs is 1.